The molecule has 1 N–H and O–H groups in total. The zero-order chi connectivity index (χ0) is 23.2. The van der Waals surface area contributed by atoms with Crippen LogP contribution in [0.15, 0.2) is 88.5 Å². The van der Waals surface area contributed by atoms with Gasteiger partial charge in [0, 0.05) is 48.4 Å². The van der Waals surface area contributed by atoms with E-state index in [-0.39, 0.29) is 11.8 Å². The minimum absolute atomic E-state index is 0.131. The van der Waals surface area contributed by atoms with Crippen molar-refractivity contribution in [1.82, 2.24) is 14.5 Å². The third-order valence-electron chi connectivity index (χ3n) is 4.54. The Labute approximate surface area is 199 Å². The van der Waals surface area contributed by atoms with Crippen LogP contribution in [0.2, 0.25) is 0 Å². The molecule has 0 aliphatic carbocycles. The van der Waals surface area contributed by atoms with Gasteiger partial charge in [0.05, 0.1) is 11.4 Å². The van der Waals surface area contributed by atoms with Crippen LogP contribution >= 0.6 is 23.1 Å². The van der Waals surface area contributed by atoms with Crippen LogP contribution in [0, 0.1) is 0 Å². The van der Waals surface area contributed by atoms with Crippen molar-refractivity contribution < 1.29 is 9.59 Å². The van der Waals surface area contributed by atoms with Crippen molar-refractivity contribution >= 4 is 57.5 Å². The van der Waals surface area contributed by atoms with Gasteiger partial charge in [-0.15, -0.1) is 11.3 Å². The van der Waals surface area contributed by atoms with Crippen LogP contribution < -0.4 is 10.2 Å². The van der Waals surface area contributed by atoms with Crippen molar-refractivity contribution in [3.63, 3.8) is 0 Å². The summed E-state index contributed by atoms with van der Waals surface area (Å²) in [6.07, 6.45) is 6.71. The number of aromatic nitrogens is 3. The summed E-state index contributed by atoms with van der Waals surface area (Å²) < 4.78 is 1.95. The van der Waals surface area contributed by atoms with Gasteiger partial charge in [-0.3, -0.25) is 14.5 Å². The number of thiazole rings is 1. The Morgan fingerprint density at radius 1 is 1.12 bits per heavy atom. The first kappa shape index (κ1) is 22.5. The van der Waals surface area contributed by atoms with Crippen LogP contribution in [0.5, 0.6) is 0 Å². The van der Waals surface area contributed by atoms with Crippen molar-refractivity contribution in [1.29, 1.82) is 0 Å². The van der Waals surface area contributed by atoms with Gasteiger partial charge < -0.3 is 9.88 Å². The molecule has 0 aliphatic heterocycles. The number of carbonyl (C=O) groups is 2. The maximum absolute atomic E-state index is 12.3. The van der Waals surface area contributed by atoms with E-state index >= 15 is 0 Å². The molecule has 2 aromatic heterocycles. The molecule has 0 aliphatic rings. The number of aryl methyl sites for hydroxylation is 1. The van der Waals surface area contributed by atoms with Crippen molar-refractivity contribution in [2.45, 2.75) is 17.0 Å². The molecule has 0 fully saturated rings. The number of hydrogen-bond acceptors (Lipinski definition) is 6. The fourth-order valence-corrected chi connectivity index (χ4v) is 4.62. The highest BCUT2D eigenvalue weighted by atomic mass is 32.2. The van der Waals surface area contributed by atoms with Gasteiger partial charge in [0.25, 0.3) is 0 Å². The summed E-state index contributed by atoms with van der Waals surface area (Å²) >= 11 is 2.89. The number of nitrogens with zero attached hydrogens (tertiary/aromatic N) is 4. The van der Waals surface area contributed by atoms with Crippen LogP contribution in [0.1, 0.15) is 12.6 Å². The molecular formula is C24H21N5O2S2. The Balaban J connectivity index is 1.37. The van der Waals surface area contributed by atoms with E-state index in [9.17, 15) is 9.59 Å². The molecule has 2 aromatic carbocycles. The summed E-state index contributed by atoms with van der Waals surface area (Å²) in [7, 11) is 1.95. The second kappa shape index (κ2) is 10.3. The SMILES string of the molecule is CC(=O)N(c1ccccc1)c1nc(/C=C/C(=O)Nc2ccc(Sc3nccn3C)cc2)cs1. The van der Waals surface area contributed by atoms with Crippen LogP contribution in [0.25, 0.3) is 6.08 Å². The van der Waals surface area contributed by atoms with Gasteiger partial charge in [0.2, 0.25) is 11.8 Å². The van der Waals surface area contributed by atoms with E-state index in [1.807, 2.05) is 77.8 Å². The molecule has 9 heteroatoms. The van der Waals surface area contributed by atoms with E-state index in [4.69, 9.17) is 0 Å². The number of imidazole rings is 1. The highest BCUT2D eigenvalue weighted by Crippen LogP contribution is 2.29. The molecule has 0 radical (unpaired) electrons. The van der Waals surface area contributed by atoms with Gasteiger partial charge in [0.1, 0.15) is 0 Å². The maximum Gasteiger partial charge on any atom is 0.248 e. The fourth-order valence-electron chi connectivity index (χ4n) is 2.97. The number of para-hydroxylation sites is 1. The average Bonchev–Trinajstić information content (AvgIpc) is 3.43. The first-order valence-electron chi connectivity index (χ1n) is 10.0. The van der Waals surface area contributed by atoms with Crippen molar-refractivity contribution in [3.8, 4) is 0 Å². The smallest absolute Gasteiger partial charge is 0.248 e. The van der Waals surface area contributed by atoms with Crippen LogP contribution in [-0.2, 0) is 16.6 Å². The molecule has 0 atom stereocenters. The molecular weight excluding hydrogens is 454 g/mol. The minimum Gasteiger partial charge on any atom is -0.329 e. The monoisotopic (exact) mass is 475 g/mol. The molecule has 7 nitrogen and oxygen atoms in total. The summed E-state index contributed by atoms with van der Waals surface area (Å²) in [6, 6.07) is 16.9. The lowest BCUT2D eigenvalue weighted by Crippen LogP contribution is -2.22. The van der Waals surface area contributed by atoms with E-state index in [0.29, 0.717) is 16.5 Å². The summed E-state index contributed by atoms with van der Waals surface area (Å²) in [4.78, 5) is 35.9. The minimum atomic E-state index is -0.263. The Kier molecular flexibility index (Phi) is 7.01. The molecule has 0 saturated carbocycles. The third kappa shape index (κ3) is 5.76. The standard InChI is InChI=1S/C24H21N5O2S2/c1-17(30)29(20-6-4-3-5-7-20)24-27-19(16-32-24)10-13-22(31)26-18-8-11-21(12-9-18)33-23-25-14-15-28(23)2/h3-16H,1-2H3,(H,26,31)/b13-10+. The van der Waals surface area contributed by atoms with Gasteiger partial charge in [-0.25, -0.2) is 9.97 Å². The number of rotatable bonds is 7. The van der Waals surface area contributed by atoms with Crippen LogP contribution in [0.4, 0.5) is 16.5 Å². The second-order valence-corrected chi connectivity index (χ2v) is 8.89. The zero-order valence-electron chi connectivity index (χ0n) is 18.0. The molecule has 0 bridgehead atoms. The van der Waals surface area contributed by atoms with Crippen molar-refractivity contribution in [2.24, 2.45) is 7.05 Å². The molecule has 0 spiro atoms. The number of nitrogens with one attached hydrogen (secondary N) is 1. The molecule has 0 saturated heterocycles. The van der Waals surface area contributed by atoms with E-state index < -0.39 is 0 Å². The number of amides is 2. The molecule has 4 aromatic rings. The lowest BCUT2D eigenvalue weighted by Gasteiger charge is -2.17. The Hall–Kier alpha value is -3.69. The predicted octanol–water partition coefficient (Wildman–Crippen LogP) is 5.36. The second-order valence-electron chi connectivity index (χ2n) is 7.01. The molecule has 0 unspecified atom stereocenters. The quantitative estimate of drug-likeness (QED) is 0.364. The number of anilines is 3. The molecule has 2 heterocycles. The molecule has 166 valence electrons. The normalized spacial score (nSPS) is 11.0. The lowest BCUT2D eigenvalue weighted by atomic mass is 10.3. The third-order valence-corrected chi connectivity index (χ3v) is 6.47. The molecule has 4 rings (SSSR count). The van der Waals surface area contributed by atoms with E-state index in [1.165, 1.54) is 24.3 Å². The van der Waals surface area contributed by atoms with Gasteiger partial charge >= 0.3 is 0 Å². The Morgan fingerprint density at radius 3 is 2.55 bits per heavy atom. The molecule has 2 amide bonds. The molecule has 33 heavy (non-hydrogen) atoms. The van der Waals surface area contributed by atoms with Gasteiger partial charge in [-0.05, 0) is 42.5 Å². The number of carbonyl (C=O) groups excluding carboxylic acids is 2. The van der Waals surface area contributed by atoms with E-state index in [1.54, 1.807) is 28.9 Å². The Bertz CT molecular complexity index is 1280. The van der Waals surface area contributed by atoms with Crippen molar-refractivity contribution in [2.75, 3.05) is 10.2 Å². The largest absolute Gasteiger partial charge is 0.329 e. The summed E-state index contributed by atoms with van der Waals surface area (Å²) in [5.41, 5.74) is 2.05. The summed E-state index contributed by atoms with van der Waals surface area (Å²) in [6.45, 7) is 1.50. The first-order chi connectivity index (χ1) is 16.0. The number of hydrogen-bond donors (Lipinski definition) is 1. The highest BCUT2D eigenvalue weighted by Gasteiger charge is 2.17. The maximum atomic E-state index is 12.3. The summed E-state index contributed by atoms with van der Waals surface area (Å²) in [5.74, 6) is -0.395. The van der Waals surface area contributed by atoms with Crippen LogP contribution in [0.3, 0.4) is 0 Å². The average molecular weight is 476 g/mol. The first-order valence-corrected chi connectivity index (χ1v) is 11.7. The lowest BCUT2D eigenvalue weighted by molar-refractivity contribution is -0.116. The van der Waals surface area contributed by atoms with Gasteiger partial charge in [-0.1, -0.05) is 30.0 Å². The summed E-state index contributed by atoms with van der Waals surface area (Å²) in [5, 5.41) is 6.09. The van der Waals surface area contributed by atoms with Gasteiger partial charge in [0.15, 0.2) is 10.3 Å². The van der Waals surface area contributed by atoms with Crippen LogP contribution in [-0.4, -0.2) is 26.3 Å². The highest BCUT2D eigenvalue weighted by molar-refractivity contribution is 7.99. The van der Waals surface area contributed by atoms with E-state index in [0.717, 1.165) is 15.7 Å². The Morgan fingerprint density at radius 2 is 1.88 bits per heavy atom. The zero-order valence-corrected chi connectivity index (χ0v) is 19.6. The fraction of sp³-hybridized carbons (Fsp3) is 0.0833. The van der Waals surface area contributed by atoms with Crippen molar-refractivity contribution in [3.05, 3.63) is 84.1 Å². The predicted molar refractivity (Wildman–Crippen MR) is 133 cm³/mol. The van der Waals surface area contributed by atoms with Gasteiger partial charge in [-0.2, -0.15) is 0 Å². The number of benzene rings is 2. The van der Waals surface area contributed by atoms with E-state index in [2.05, 4.69) is 15.3 Å². The topological polar surface area (TPSA) is 80.1 Å².